The molecule has 0 spiro atoms. The first-order valence-electron chi connectivity index (χ1n) is 5.71. The second kappa shape index (κ2) is 4.32. The van der Waals surface area contributed by atoms with E-state index in [2.05, 4.69) is 0 Å². The summed E-state index contributed by atoms with van der Waals surface area (Å²) in [6, 6.07) is 4.92. The van der Waals surface area contributed by atoms with Crippen molar-refractivity contribution in [3.8, 4) is 0 Å². The summed E-state index contributed by atoms with van der Waals surface area (Å²) in [5.41, 5.74) is 2.23. The quantitative estimate of drug-likeness (QED) is 0.872. The van der Waals surface area contributed by atoms with Crippen molar-refractivity contribution in [1.82, 2.24) is 0 Å². The van der Waals surface area contributed by atoms with Crippen molar-refractivity contribution in [3.63, 3.8) is 0 Å². The van der Waals surface area contributed by atoms with Crippen molar-refractivity contribution in [2.75, 3.05) is 0 Å². The van der Waals surface area contributed by atoms with Crippen molar-refractivity contribution >= 4 is 12.0 Å². The van der Waals surface area contributed by atoms with Gasteiger partial charge in [-0.25, -0.2) is 4.39 Å². The van der Waals surface area contributed by atoms with E-state index in [9.17, 15) is 14.3 Å². The fraction of sp³-hybridized carbons (Fsp3) is 0.357. The molecule has 1 aliphatic rings. The van der Waals surface area contributed by atoms with Gasteiger partial charge in [0.2, 0.25) is 0 Å². The Hall–Kier alpha value is -1.64. The minimum atomic E-state index is -0.834. The highest BCUT2D eigenvalue weighted by Crippen LogP contribution is 2.34. The zero-order chi connectivity index (χ0) is 12.6. The fourth-order valence-corrected chi connectivity index (χ4v) is 2.43. The highest BCUT2D eigenvalue weighted by atomic mass is 19.1. The van der Waals surface area contributed by atoms with E-state index in [1.54, 1.807) is 12.1 Å². The molecule has 0 fully saturated rings. The van der Waals surface area contributed by atoms with Crippen LogP contribution in [-0.2, 0) is 11.2 Å². The van der Waals surface area contributed by atoms with Crippen LogP contribution >= 0.6 is 0 Å². The molecule has 2 nitrogen and oxygen atoms in total. The summed E-state index contributed by atoms with van der Waals surface area (Å²) in [6.45, 7) is 3.75. The van der Waals surface area contributed by atoms with Crippen molar-refractivity contribution in [2.45, 2.75) is 20.3 Å². The summed E-state index contributed by atoms with van der Waals surface area (Å²) < 4.78 is 13.5. The van der Waals surface area contributed by atoms with Crippen LogP contribution in [0.15, 0.2) is 23.8 Å². The number of rotatable bonds is 3. The van der Waals surface area contributed by atoms with Crippen LogP contribution in [0.4, 0.5) is 4.39 Å². The second-order valence-corrected chi connectivity index (χ2v) is 4.77. The lowest BCUT2D eigenvalue weighted by Crippen LogP contribution is -2.22. The van der Waals surface area contributed by atoms with Crippen molar-refractivity contribution in [2.24, 2.45) is 11.8 Å². The molecule has 1 N–H and O–H groups in total. The third-order valence-electron chi connectivity index (χ3n) is 3.20. The number of carbonyl (C=O) groups is 1. The highest BCUT2D eigenvalue weighted by Gasteiger charge is 2.29. The summed E-state index contributed by atoms with van der Waals surface area (Å²) in [7, 11) is 0. The molecule has 3 heteroatoms. The highest BCUT2D eigenvalue weighted by molar-refractivity contribution is 5.79. The summed E-state index contributed by atoms with van der Waals surface area (Å²) in [4.78, 5) is 11.2. The molecule has 90 valence electrons. The number of halogens is 1. The molecular weight excluding hydrogens is 219 g/mol. The van der Waals surface area contributed by atoms with Crippen LogP contribution in [0.5, 0.6) is 0 Å². The molecule has 0 aromatic heterocycles. The molecule has 17 heavy (non-hydrogen) atoms. The van der Waals surface area contributed by atoms with E-state index in [0.717, 1.165) is 11.1 Å². The maximum absolute atomic E-state index is 13.5. The molecule has 1 aromatic rings. The van der Waals surface area contributed by atoms with Crippen LogP contribution in [-0.4, -0.2) is 11.1 Å². The normalized spacial score (nSPS) is 15.6. The van der Waals surface area contributed by atoms with Crippen molar-refractivity contribution in [1.29, 1.82) is 0 Å². The van der Waals surface area contributed by atoms with Gasteiger partial charge in [0.1, 0.15) is 5.82 Å². The Balaban J connectivity index is 2.37. The third kappa shape index (κ3) is 2.09. The van der Waals surface area contributed by atoms with Gasteiger partial charge in [-0.05, 0) is 24.0 Å². The van der Waals surface area contributed by atoms with E-state index in [1.165, 1.54) is 6.07 Å². The van der Waals surface area contributed by atoms with Gasteiger partial charge < -0.3 is 5.11 Å². The molecule has 1 aromatic carbocycles. The minimum absolute atomic E-state index is 0.0103. The first-order valence-corrected chi connectivity index (χ1v) is 5.71. The fourth-order valence-electron chi connectivity index (χ4n) is 2.43. The third-order valence-corrected chi connectivity index (χ3v) is 3.20. The Bertz CT molecular complexity index is 489. The zero-order valence-corrected chi connectivity index (χ0v) is 9.90. The minimum Gasteiger partial charge on any atom is -0.481 e. The molecule has 0 radical (unpaired) electrons. The van der Waals surface area contributed by atoms with Crippen LogP contribution in [0.3, 0.4) is 0 Å². The van der Waals surface area contributed by atoms with Gasteiger partial charge in [-0.1, -0.05) is 37.6 Å². The zero-order valence-electron chi connectivity index (χ0n) is 9.90. The summed E-state index contributed by atoms with van der Waals surface area (Å²) in [6.07, 6.45) is 2.24. The van der Waals surface area contributed by atoms with E-state index >= 15 is 0 Å². The maximum atomic E-state index is 13.5. The van der Waals surface area contributed by atoms with Crippen LogP contribution in [0.2, 0.25) is 0 Å². The van der Waals surface area contributed by atoms with Gasteiger partial charge in [-0.2, -0.15) is 0 Å². The largest absolute Gasteiger partial charge is 0.481 e. The van der Waals surface area contributed by atoms with Crippen LogP contribution in [0.25, 0.3) is 6.08 Å². The molecular formula is C14H15FO2. The summed E-state index contributed by atoms with van der Waals surface area (Å²) in [5.74, 6) is -1.62. The number of fused-ring (bicyclic) bond motifs is 1. The number of aliphatic carboxylic acids is 1. The Morgan fingerprint density at radius 2 is 2.12 bits per heavy atom. The Morgan fingerprint density at radius 3 is 2.65 bits per heavy atom. The molecule has 0 heterocycles. The predicted octanol–water partition coefficient (Wildman–Crippen LogP) is 3.12. The number of carboxylic acid groups (broad SMARTS) is 1. The lowest BCUT2D eigenvalue weighted by Gasteiger charge is -2.17. The molecule has 0 bridgehead atoms. The van der Waals surface area contributed by atoms with E-state index in [4.69, 9.17) is 0 Å². The molecule has 0 saturated carbocycles. The number of hydrogen-bond acceptors (Lipinski definition) is 1. The molecule has 1 aliphatic carbocycles. The second-order valence-electron chi connectivity index (χ2n) is 4.77. The van der Waals surface area contributed by atoms with E-state index in [0.29, 0.717) is 12.0 Å². The van der Waals surface area contributed by atoms with Crippen LogP contribution in [0.1, 0.15) is 25.0 Å². The molecule has 1 unspecified atom stereocenters. The number of hydrogen-bond donors (Lipinski definition) is 1. The van der Waals surface area contributed by atoms with Gasteiger partial charge >= 0.3 is 5.97 Å². The van der Waals surface area contributed by atoms with Crippen molar-refractivity contribution < 1.29 is 14.3 Å². The van der Waals surface area contributed by atoms with Crippen LogP contribution in [0, 0.1) is 17.7 Å². The predicted molar refractivity (Wildman–Crippen MR) is 64.0 cm³/mol. The summed E-state index contributed by atoms with van der Waals surface area (Å²) in [5, 5.41) is 9.22. The Kier molecular flexibility index (Phi) is 3.01. The topological polar surface area (TPSA) is 37.3 Å². The van der Waals surface area contributed by atoms with Gasteiger partial charge in [0.15, 0.2) is 0 Å². The van der Waals surface area contributed by atoms with E-state index in [1.807, 2.05) is 19.9 Å². The maximum Gasteiger partial charge on any atom is 0.310 e. The lowest BCUT2D eigenvalue weighted by atomic mass is 9.87. The van der Waals surface area contributed by atoms with E-state index < -0.39 is 11.9 Å². The standard InChI is InChI=1S/C14H15FO2/c1-8(2)13(14(16)17)10-6-9-4-3-5-12(15)11(9)7-10/h3-5,7-8,13H,6H2,1-2H3,(H,16,17). The monoisotopic (exact) mass is 234 g/mol. The molecule has 1 atom stereocenters. The van der Waals surface area contributed by atoms with E-state index in [-0.39, 0.29) is 11.7 Å². The lowest BCUT2D eigenvalue weighted by molar-refractivity contribution is -0.141. The molecule has 0 aliphatic heterocycles. The Labute approximate surface area is 99.8 Å². The van der Waals surface area contributed by atoms with Gasteiger partial charge in [0.25, 0.3) is 0 Å². The van der Waals surface area contributed by atoms with Gasteiger partial charge in [0.05, 0.1) is 5.92 Å². The first-order chi connectivity index (χ1) is 8.00. The Morgan fingerprint density at radius 1 is 1.41 bits per heavy atom. The first kappa shape index (κ1) is 11.8. The molecule has 2 rings (SSSR count). The average molecular weight is 234 g/mol. The summed E-state index contributed by atoms with van der Waals surface area (Å²) >= 11 is 0. The smallest absolute Gasteiger partial charge is 0.310 e. The van der Waals surface area contributed by atoms with Gasteiger partial charge in [-0.15, -0.1) is 0 Å². The number of carboxylic acids is 1. The SMILES string of the molecule is CC(C)C(C(=O)O)C1=Cc2c(F)cccc2C1. The average Bonchev–Trinajstić information content (AvgIpc) is 2.61. The number of benzene rings is 1. The molecule has 0 saturated heterocycles. The van der Waals surface area contributed by atoms with Gasteiger partial charge in [0, 0.05) is 5.56 Å². The van der Waals surface area contributed by atoms with Crippen LogP contribution < -0.4 is 0 Å². The van der Waals surface area contributed by atoms with Crippen molar-refractivity contribution in [3.05, 3.63) is 40.7 Å². The van der Waals surface area contributed by atoms with Gasteiger partial charge in [-0.3, -0.25) is 4.79 Å². The molecule has 0 amide bonds.